The van der Waals surface area contributed by atoms with Crippen molar-refractivity contribution in [3.8, 4) is 5.75 Å². The van der Waals surface area contributed by atoms with Crippen molar-refractivity contribution < 1.29 is 46.5 Å². The third-order valence-corrected chi connectivity index (χ3v) is 9.99. The highest BCUT2D eigenvalue weighted by atomic mass is 32.2. The van der Waals surface area contributed by atoms with Gasteiger partial charge in [-0.2, -0.15) is 4.31 Å². The number of esters is 1. The molecule has 3 N–H and O–H groups in total. The lowest BCUT2D eigenvalue weighted by Gasteiger charge is -2.48. The number of sulfonamides is 1. The van der Waals surface area contributed by atoms with Crippen LogP contribution in [-0.4, -0.2) is 74.4 Å². The molecule has 2 atom stereocenters. The van der Waals surface area contributed by atoms with Gasteiger partial charge in [0.05, 0.1) is 23.4 Å². The normalized spacial score (nSPS) is 17.0. The third-order valence-electron chi connectivity index (χ3n) is 8.20. The summed E-state index contributed by atoms with van der Waals surface area (Å²) in [6.45, 7) is 8.59. The van der Waals surface area contributed by atoms with Crippen LogP contribution in [0, 0.1) is 11.2 Å². The van der Waals surface area contributed by atoms with Crippen LogP contribution in [0.15, 0.2) is 83.8 Å². The zero-order valence-corrected chi connectivity index (χ0v) is 30.1. The Balaban J connectivity index is 0.000000878. The van der Waals surface area contributed by atoms with E-state index in [1.165, 1.54) is 86.0 Å². The first-order chi connectivity index (χ1) is 24.1. The first kappa shape index (κ1) is 39.3. The van der Waals surface area contributed by atoms with Crippen LogP contribution >= 0.6 is 0 Å². The second kappa shape index (κ2) is 17.1. The molecular formula is C37H46FN3O9S. The number of rotatable bonds is 11. The van der Waals surface area contributed by atoms with E-state index in [2.05, 4.69) is 10.6 Å². The second-order valence-electron chi connectivity index (χ2n) is 13.5. The number of nitrogens with one attached hydrogen (secondary N) is 2. The number of nitrogens with zero attached hydrogens (tertiary/aromatic N) is 1. The molecule has 0 aromatic heterocycles. The van der Waals surface area contributed by atoms with E-state index in [4.69, 9.17) is 14.2 Å². The van der Waals surface area contributed by atoms with Gasteiger partial charge in [0, 0.05) is 19.4 Å². The van der Waals surface area contributed by atoms with Gasteiger partial charge in [-0.25, -0.2) is 22.4 Å². The van der Waals surface area contributed by atoms with Crippen molar-refractivity contribution in [3.63, 3.8) is 0 Å². The van der Waals surface area contributed by atoms with Crippen molar-refractivity contribution in [3.05, 3.63) is 95.8 Å². The predicted molar refractivity (Wildman–Crippen MR) is 187 cm³/mol. The Morgan fingerprint density at radius 3 is 2.18 bits per heavy atom. The summed E-state index contributed by atoms with van der Waals surface area (Å²) in [6.07, 6.45) is 1.55. The molecule has 3 aromatic carbocycles. The summed E-state index contributed by atoms with van der Waals surface area (Å²) in [7, 11) is -4.05. The van der Waals surface area contributed by atoms with E-state index in [0.717, 1.165) is 5.56 Å². The molecule has 14 heteroatoms. The minimum absolute atomic E-state index is 0.0524. The van der Waals surface area contributed by atoms with Gasteiger partial charge in [0.15, 0.2) is 5.60 Å². The monoisotopic (exact) mass is 727 g/mol. The molecule has 276 valence electrons. The summed E-state index contributed by atoms with van der Waals surface area (Å²) in [5.41, 5.74) is -0.853. The van der Waals surface area contributed by atoms with Gasteiger partial charge in [0.25, 0.3) is 0 Å². The van der Waals surface area contributed by atoms with Crippen molar-refractivity contribution in [1.82, 2.24) is 14.9 Å². The van der Waals surface area contributed by atoms with Crippen molar-refractivity contribution in [1.29, 1.82) is 0 Å². The lowest BCUT2D eigenvalue weighted by atomic mass is 9.87. The molecule has 0 aliphatic carbocycles. The van der Waals surface area contributed by atoms with Crippen LogP contribution < -0.4 is 15.4 Å². The first-order valence-electron chi connectivity index (χ1n) is 16.8. The van der Waals surface area contributed by atoms with E-state index in [0.29, 0.717) is 5.56 Å². The van der Waals surface area contributed by atoms with Gasteiger partial charge in [0.1, 0.15) is 17.6 Å². The van der Waals surface area contributed by atoms with E-state index < -0.39 is 57.2 Å². The fourth-order valence-corrected chi connectivity index (χ4v) is 7.00. The Bertz CT molecular complexity index is 1740. The highest BCUT2D eigenvalue weighted by molar-refractivity contribution is 7.89. The largest absolute Gasteiger partial charge is 0.480 e. The maximum atomic E-state index is 13.9. The minimum Gasteiger partial charge on any atom is -0.480 e. The molecule has 0 unspecified atom stereocenters. The SMILES string of the molecule is C1CCNCC1.C[C@H](OC(=O)N[C@@H](Cc1cccc(S(=O)(=O)N2CC(Oc3cccc(F)c3)(c3ccccc3)C2)c1)C(=O)O)OC(=O)C(C)(C)C. The van der Waals surface area contributed by atoms with E-state index in [1.807, 2.05) is 18.2 Å². The maximum Gasteiger partial charge on any atom is 0.410 e. The van der Waals surface area contributed by atoms with Gasteiger partial charge >= 0.3 is 18.0 Å². The van der Waals surface area contributed by atoms with E-state index in [-0.39, 0.29) is 30.2 Å². The number of carbonyl (C=O) groups excluding carboxylic acids is 2. The van der Waals surface area contributed by atoms with Gasteiger partial charge in [-0.3, -0.25) is 4.79 Å². The quantitative estimate of drug-likeness (QED) is 0.177. The molecule has 0 radical (unpaired) electrons. The highest BCUT2D eigenvalue weighted by Crippen LogP contribution is 2.40. The molecule has 12 nitrogen and oxygen atoms in total. The van der Waals surface area contributed by atoms with Gasteiger partial charge in [-0.1, -0.05) is 55.0 Å². The number of hydrogen-bond donors (Lipinski definition) is 3. The Labute approximate surface area is 298 Å². The summed E-state index contributed by atoms with van der Waals surface area (Å²) in [5.74, 6) is -2.23. The fraction of sp³-hybridized carbons (Fsp3) is 0.432. The highest BCUT2D eigenvalue weighted by Gasteiger charge is 2.52. The molecule has 0 spiro atoms. The number of halogens is 1. The molecule has 0 saturated carbocycles. The Kier molecular flexibility index (Phi) is 13.2. The number of ether oxygens (including phenoxy) is 3. The zero-order chi connectivity index (χ0) is 37.2. The maximum absolute atomic E-state index is 13.9. The fourth-order valence-electron chi connectivity index (χ4n) is 5.40. The topological polar surface area (TPSA) is 161 Å². The van der Waals surface area contributed by atoms with Crippen LogP contribution in [0.2, 0.25) is 0 Å². The minimum atomic E-state index is -4.05. The van der Waals surface area contributed by atoms with Crippen LogP contribution in [0.1, 0.15) is 58.1 Å². The number of alkyl carbamates (subject to hydrolysis) is 1. The molecule has 2 saturated heterocycles. The van der Waals surface area contributed by atoms with Crippen molar-refractivity contribution in [2.24, 2.45) is 5.41 Å². The molecule has 0 bridgehead atoms. The smallest absolute Gasteiger partial charge is 0.410 e. The average Bonchev–Trinajstić information content (AvgIpc) is 3.07. The predicted octanol–water partition coefficient (Wildman–Crippen LogP) is 5.22. The number of aliphatic carboxylic acids is 1. The first-order valence-corrected chi connectivity index (χ1v) is 18.2. The van der Waals surface area contributed by atoms with Crippen molar-refractivity contribution in [2.45, 2.75) is 76.2 Å². The van der Waals surface area contributed by atoms with E-state index in [9.17, 15) is 32.3 Å². The summed E-state index contributed by atoms with van der Waals surface area (Å²) in [4.78, 5) is 36.2. The number of amides is 1. The lowest BCUT2D eigenvalue weighted by molar-refractivity contribution is -0.174. The van der Waals surface area contributed by atoms with Crippen LogP contribution in [0.5, 0.6) is 5.75 Å². The van der Waals surface area contributed by atoms with Gasteiger partial charge in [0.2, 0.25) is 16.3 Å². The number of hydrogen-bond acceptors (Lipinski definition) is 9. The Morgan fingerprint density at radius 1 is 0.941 bits per heavy atom. The molecule has 2 aliphatic heterocycles. The van der Waals surface area contributed by atoms with Crippen molar-refractivity contribution in [2.75, 3.05) is 26.2 Å². The summed E-state index contributed by atoms with van der Waals surface area (Å²) in [6, 6.07) is 18.9. The lowest BCUT2D eigenvalue weighted by Crippen LogP contribution is -2.64. The van der Waals surface area contributed by atoms with Gasteiger partial charge in [-0.15, -0.1) is 0 Å². The number of benzene rings is 3. The Hall–Kier alpha value is -4.53. The number of carboxylic acid groups (broad SMARTS) is 1. The molecular weight excluding hydrogens is 681 g/mol. The van der Waals surface area contributed by atoms with E-state index >= 15 is 0 Å². The van der Waals surface area contributed by atoms with Crippen LogP contribution in [0.3, 0.4) is 0 Å². The van der Waals surface area contributed by atoms with Gasteiger partial charge < -0.3 is 30.0 Å². The number of carbonyl (C=O) groups is 3. The molecule has 51 heavy (non-hydrogen) atoms. The summed E-state index contributed by atoms with van der Waals surface area (Å²) < 4.78 is 58.6. The van der Waals surface area contributed by atoms with Crippen LogP contribution in [-0.2, 0) is 41.1 Å². The van der Waals surface area contributed by atoms with Gasteiger partial charge in [-0.05, 0) is 82.1 Å². The van der Waals surface area contributed by atoms with E-state index in [1.54, 1.807) is 39.0 Å². The van der Waals surface area contributed by atoms with Crippen LogP contribution in [0.4, 0.5) is 9.18 Å². The second-order valence-corrected chi connectivity index (χ2v) is 15.5. The van der Waals surface area contributed by atoms with Crippen LogP contribution in [0.25, 0.3) is 0 Å². The number of carboxylic acids is 1. The molecule has 2 aliphatic rings. The molecule has 3 aromatic rings. The summed E-state index contributed by atoms with van der Waals surface area (Å²) in [5, 5.41) is 15.2. The number of piperidine rings is 1. The summed E-state index contributed by atoms with van der Waals surface area (Å²) >= 11 is 0. The molecule has 2 fully saturated rings. The van der Waals surface area contributed by atoms with Crippen molar-refractivity contribution >= 4 is 28.1 Å². The molecule has 1 amide bonds. The average molecular weight is 728 g/mol. The standard InChI is InChI=1S/C32H35FN2O9S.C5H11N/c1-21(42-29(38)31(2,3)4)43-30(39)34-27(28(36)37)17-22-10-8-15-26(16-22)45(40,41)35-19-32(20-35,23-11-6-5-7-12-23)44-25-14-9-13-24(33)18-25;1-2-4-6-5-3-1/h5-16,18,21,27H,17,19-20H2,1-4H3,(H,34,39)(H,36,37);6H,1-5H2/t21-,27-;/m0./s1. The molecule has 2 heterocycles. The zero-order valence-electron chi connectivity index (χ0n) is 29.3. The molecule has 5 rings (SSSR count). The Morgan fingerprint density at radius 2 is 1.61 bits per heavy atom. The third kappa shape index (κ3) is 11.0.